The molecule has 110 valence electrons. The molecule has 1 fully saturated rings. The Bertz CT molecular complexity index is 516. The SMILES string of the molecule is NCc1cc(N2CCCC2C(N)=O)ccc1C(F)(F)F. The van der Waals surface area contributed by atoms with E-state index < -0.39 is 23.7 Å². The molecule has 1 aromatic rings. The summed E-state index contributed by atoms with van der Waals surface area (Å²) >= 11 is 0. The first kappa shape index (κ1) is 14.6. The number of alkyl halides is 3. The molecular weight excluding hydrogens is 271 g/mol. The van der Waals surface area contributed by atoms with E-state index in [1.54, 1.807) is 4.90 Å². The second-order valence-electron chi connectivity index (χ2n) is 4.80. The van der Waals surface area contributed by atoms with Gasteiger partial charge in [0, 0.05) is 18.8 Å². The second-order valence-corrected chi connectivity index (χ2v) is 4.80. The van der Waals surface area contributed by atoms with Crippen LogP contribution in [-0.2, 0) is 17.5 Å². The molecule has 4 nitrogen and oxygen atoms in total. The molecule has 0 spiro atoms. The van der Waals surface area contributed by atoms with Crippen LogP contribution in [0.5, 0.6) is 0 Å². The fraction of sp³-hybridized carbons (Fsp3) is 0.462. The maximum Gasteiger partial charge on any atom is 0.416 e. The van der Waals surface area contributed by atoms with Gasteiger partial charge in [-0.2, -0.15) is 13.2 Å². The average molecular weight is 287 g/mol. The van der Waals surface area contributed by atoms with E-state index in [2.05, 4.69) is 0 Å². The van der Waals surface area contributed by atoms with Gasteiger partial charge in [0.05, 0.1) is 5.56 Å². The fourth-order valence-electron chi connectivity index (χ4n) is 2.58. The van der Waals surface area contributed by atoms with Gasteiger partial charge < -0.3 is 16.4 Å². The highest BCUT2D eigenvalue weighted by Gasteiger charge is 2.34. The van der Waals surface area contributed by atoms with Crippen LogP contribution in [0.25, 0.3) is 0 Å². The molecule has 1 aliphatic heterocycles. The quantitative estimate of drug-likeness (QED) is 0.887. The first-order valence-corrected chi connectivity index (χ1v) is 6.30. The number of halogens is 3. The molecular formula is C13H16F3N3O. The Balaban J connectivity index is 2.37. The van der Waals surface area contributed by atoms with E-state index in [-0.39, 0.29) is 12.1 Å². The van der Waals surface area contributed by atoms with Gasteiger partial charge in [0.25, 0.3) is 0 Å². The van der Waals surface area contributed by atoms with Gasteiger partial charge in [-0.25, -0.2) is 0 Å². The Hall–Kier alpha value is -1.76. The van der Waals surface area contributed by atoms with Crippen LogP contribution in [0, 0.1) is 0 Å². The van der Waals surface area contributed by atoms with Crippen molar-refractivity contribution in [3.63, 3.8) is 0 Å². The third-order valence-corrected chi connectivity index (χ3v) is 3.53. The number of carbonyl (C=O) groups is 1. The van der Waals surface area contributed by atoms with Crippen molar-refractivity contribution in [1.29, 1.82) is 0 Å². The summed E-state index contributed by atoms with van der Waals surface area (Å²) in [7, 11) is 0. The molecule has 4 N–H and O–H groups in total. The van der Waals surface area contributed by atoms with Crippen LogP contribution < -0.4 is 16.4 Å². The minimum Gasteiger partial charge on any atom is -0.368 e. The summed E-state index contributed by atoms with van der Waals surface area (Å²) in [6.45, 7) is 0.390. The number of hydrogen-bond donors (Lipinski definition) is 2. The third-order valence-electron chi connectivity index (χ3n) is 3.53. The topological polar surface area (TPSA) is 72.3 Å². The lowest BCUT2D eigenvalue weighted by molar-refractivity contribution is -0.138. The van der Waals surface area contributed by atoms with Gasteiger partial charge in [-0.1, -0.05) is 0 Å². The number of benzene rings is 1. The molecule has 0 bridgehead atoms. The summed E-state index contributed by atoms with van der Waals surface area (Å²) < 4.78 is 38.4. The highest BCUT2D eigenvalue weighted by molar-refractivity contribution is 5.84. The minimum atomic E-state index is -4.43. The van der Waals surface area contributed by atoms with E-state index >= 15 is 0 Å². The van der Waals surface area contributed by atoms with E-state index in [9.17, 15) is 18.0 Å². The molecule has 2 rings (SSSR count). The average Bonchev–Trinajstić information content (AvgIpc) is 2.86. The van der Waals surface area contributed by atoms with Gasteiger partial charge in [-0.3, -0.25) is 4.79 Å². The maximum atomic E-state index is 12.8. The van der Waals surface area contributed by atoms with Crippen LogP contribution in [0.4, 0.5) is 18.9 Å². The second kappa shape index (κ2) is 5.32. The van der Waals surface area contributed by atoms with Crippen molar-refractivity contribution in [2.75, 3.05) is 11.4 Å². The van der Waals surface area contributed by atoms with Crippen LogP contribution in [0.15, 0.2) is 18.2 Å². The smallest absolute Gasteiger partial charge is 0.368 e. The van der Waals surface area contributed by atoms with Crippen molar-refractivity contribution in [1.82, 2.24) is 0 Å². The lowest BCUT2D eigenvalue weighted by atomic mass is 10.1. The lowest BCUT2D eigenvalue weighted by Crippen LogP contribution is -2.40. The zero-order valence-electron chi connectivity index (χ0n) is 10.8. The first-order chi connectivity index (χ1) is 9.34. The molecule has 1 aromatic carbocycles. The highest BCUT2D eigenvalue weighted by Crippen LogP contribution is 2.35. The van der Waals surface area contributed by atoms with Crippen LogP contribution >= 0.6 is 0 Å². The fourth-order valence-corrected chi connectivity index (χ4v) is 2.58. The number of anilines is 1. The zero-order chi connectivity index (χ0) is 14.9. The normalized spacial score (nSPS) is 19.4. The Labute approximate surface area is 114 Å². The molecule has 0 radical (unpaired) electrons. The van der Waals surface area contributed by atoms with Gasteiger partial charge in [-0.15, -0.1) is 0 Å². The molecule has 1 atom stereocenters. The summed E-state index contributed by atoms with van der Waals surface area (Å²) in [5.41, 5.74) is 10.5. The molecule has 7 heteroatoms. The maximum absolute atomic E-state index is 12.8. The molecule has 1 heterocycles. The molecule has 0 saturated carbocycles. The lowest BCUT2D eigenvalue weighted by Gasteiger charge is -2.25. The summed E-state index contributed by atoms with van der Waals surface area (Å²) in [4.78, 5) is 13.1. The first-order valence-electron chi connectivity index (χ1n) is 6.30. The number of amides is 1. The number of carbonyl (C=O) groups excluding carboxylic acids is 1. The summed E-state index contributed by atoms with van der Waals surface area (Å²) in [6, 6.07) is 3.30. The molecule has 0 aromatic heterocycles. The summed E-state index contributed by atoms with van der Waals surface area (Å²) in [5.74, 6) is -0.461. The van der Waals surface area contributed by atoms with Crippen molar-refractivity contribution in [3.05, 3.63) is 29.3 Å². The molecule has 1 saturated heterocycles. The predicted molar refractivity (Wildman–Crippen MR) is 68.9 cm³/mol. The number of rotatable bonds is 3. The van der Waals surface area contributed by atoms with Gasteiger partial charge in [0.2, 0.25) is 5.91 Å². The van der Waals surface area contributed by atoms with E-state index in [0.717, 1.165) is 12.5 Å². The van der Waals surface area contributed by atoms with Gasteiger partial charge in [-0.05, 0) is 36.6 Å². The molecule has 1 amide bonds. The number of hydrogen-bond acceptors (Lipinski definition) is 3. The van der Waals surface area contributed by atoms with E-state index in [1.807, 2.05) is 0 Å². The molecule has 0 aliphatic carbocycles. The van der Waals surface area contributed by atoms with Crippen molar-refractivity contribution in [2.24, 2.45) is 11.5 Å². The monoisotopic (exact) mass is 287 g/mol. The van der Waals surface area contributed by atoms with Crippen molar-refractivity contribution in [3.8, 4) is 0 Å². The van der Waals surface area contributed by atoms with Crippen LogP contribution in [0.2, 0.25) is 0 Å². The number of nitrogens with two attached hydrogens (primary N) is 2. The van der Waals surface area contributed by atoms with Crippen LogP contribution in [-0.4, -0.2) is 18.5 Å². The Morgan fingerprint density at radius 1 is 1.40 bits per heavy atom. The van der Waals surface area contributed by atoms with E-state index in [1.165, 1.54) is 12.1 Å². The van der Waals surface area contributed by atoms with E-state index in [0.29, 0.717) is 18.7 Å². The van der Waals surface area contributed by atoms with Crippen molar-refractivity contribution >= 4 is 11.6 Å². The van der Waals surface area contributed by atoms with Crippen LogP contribution in [0.1, 0.15) is 24.0 Å². The summed E-state index contributed by atoms with van der Waals surface area (Å²) in [6.07, 6.45) is -3.03. The van der Waals surface area contributed by atoms with Crippen molar-refractivity contribution < 1.29 is 18.0 Å². The summed E-state index contributed by atoms with van der Waals surface area (Å²) in [5, 5.41) is 0. The number of primary amides is 1. The Morgan fingerprint density at radius 2 is 2.10 bits per heavy atom. The largest absolute Gasteiger partial charge is 0.416 e. The van der Waals surface area contributed by atoms with E-state index in [4.69, 9.17) is 11.5 Å². The molecule has 1 aliphatic rings. The Morgan fingerprint density at radius 3 is 2.65 bits per heavy atom. The third kappa shape index (κ3) is 2.72. The van der Waals surface area contributed by atoms with Crippen LogP contribution in [0.3, 0.4) is 0 Å². The standard InChI is InChI=1S/C13H16F3N3O/c14-13(15,16)10-4-3-9(6-8(10)7-17)19-5-1-2-11(19)12(18)20/h3-4,6,11H,1-2,5,7,17H2,(H2,18,20). The Kier molecular flexibility index (Phi) is 3.89. The van der Waals surface area contributed by atoms with Gasteiger partial charge >= 0.3 is 6.18 Å². The molecule has 1 unspecified atom stereocenters. The van der Waals surface area contributed by atoms with Gasteiger partial charge in [0.1, 0.15) is 6.04 Å². The zero-order valence-corrected chi connectivity index (χ0v) is 10.8. The van der Waals surface area contributed by atoms with Crippen molar-refractivity contribution in [2.45, 2.75) is 31.6 Å². The predicted octanol–water partition coefficient (Wildman–Crippen LogP) is 1.62. The minimum absolute atomic E-state index is 0.0186. The highest BCUT2D eigenvalue weighted by atomic mass is 19.4. The molecule has 20 heavy (non-hydrogen) atoms. The van der Waals surface area contributed by atoms with Gasteiger partial charge in [0.15, 0.2) is 0 Å². The number of nitrogens with zero attached hydrogens (tertiary/aromatic N) is 1.